The van der Waals surface area contributed by atoms with E-state index in [0.717, 1.165) is 18.2 Å². The normalized spacial score (nSPS) is 14.7. The van der Waals surface area contributed by atoms with Crippen LogP contribution in [0.1, 0.15) is 30.9 Å². The Morgan fingerprint density at radius 3 is 2.59 bits per heavy atom. The van der Waals surface area contributed by atoms with E-state index in [1.54, 1.807) is 24.3 Å². The van der Waals surface area contributed by atoms with Gasteiger partial charge in [-0.3, -0.25) is 19.7 Å². The molecule has 0 aromatic heterocycles. The van der Waals surface area contributed by atoms with Crippen LogP contribution in [0.4, 0.5) is 4.79 Å². The summed E-state index contributed by atoms with van der Waals surface area (Å²) < 4.78 is 11.1. The van der Waals surface area contributed by atoms with Gasteiger partial charge in [0.2, 0.25) is 0 Å². The molecule has 1 N–H and O–H groups in total. The molecule has 1 aliphatic rings. The second kappa shape index (κ2) is 9.93. The van der Waals surface area contributed by atoms with Crippen LogP contribution in [0, 0.1) is 0 Å². The van der Waals surface area contributed by atoms with Gasteiger partial charge in [0.15, 0.2) is 11.5 Å². The number of hydrogen-bond donors (Lipinski definition) is 1. The van der Waals surface area contributed by atoms with Crippen LogP contribution < -0.4 is 14.8 Å². The highest BCUT2D eigenvalue weighted by Crippen LogP contribution is 2.32. The predicted octanol–water partition coefficient (Wildman–Crippen LogP) is 4.34. The lowest BCUT2D eigenvalue weighted by Crippen LogP contribution is -2.17. The van der Waals surface area contributed by atoms with Gasteiger partial charge in [0.1, 0.15) is 0 Å². The Hall–Kier alpha value is -3.06. The number of carbonyl (C=O) groups is 3. The zero-order valence-electron chi connectivity index (χ0n) is 16.0. The summed E-state index contributed by atoms with van der Waals surface area (Å²) in [6.07, 6.45) is 3.39. The van der Waals surface area contributed by atoms with Gasteiger partial charge >= 0.3 is 5.97 Å². The van der Waals surface area contributed by atoms with E-state index >= 15 is 0 Å². The van der Waals surface area contributed by atoms with E-state index in [1.165, 1.54) is 5.56 Å². The second-order valence-electron chi connectivity index (χ2n) is 6.30. The summed E-state index contributed by atoms with van der Waals surface area (Å²) in [5, 5.41) is 1.82. The van der Waals surface area contributed by atoms with Crippen LogP contribution in [-0.4, -0.2) is 23.7 Å². The molecule has 7 heteroatoms. The number of carbonyl (C=O) groups excluding carboxylic acids is 3. The second-order valence-corrected chi connectivity index (χ2v) is 7.32. The molecule has 1 aliphatic heterocycles. The van der Waals surface area contributed by atoms with E-state index < -0.39 is 11.1 Å². The van der Waals surface area contributed by atoms with Crippen molar-refractivity contribution >= 4 is 35.0 Å². The van der Waals surface area contributed by atoms with Crippen molar-refractivity contribution in [2.45, 2.75) is 26.2 Å². The number of nitrogens with one attached hydrogen (secondary N) is 1. The Bertz CT molecular complexity index is 939. The molecule has 1 fully saturated rings. The number of hydrogen-bond acceptors (Lipinski definition) is 6. The highest BCUT2D eigenvalue weighted by atomic mass is 32.2. The van der Waals surface area contributed by atoms with Gasteiger partial charge < -0.3 is 9.47 Å². The van der Waals surface area contributed by atoms with Crippen LogP contribution in [0.2, 0.25) is 0 Å². The maximum atomic E-state index is 12.2. The fourth-order valence-corrected chi connectivity index (χ4v) is 3.48. The molecule has 0 saturated carbocycles. The van der Waals surface area contributed by atoms with E-state index in [9.17, 15) is 14.4 Å². The fraction of sp³-hybridized carbons (Fsp3) is 0.227. The Labute approximate surface area is 173 Å². The number of thioether (sulfide) groups is 1. The summed E-state index contributed by atoms with van der Waals surface area (Å²) in [6, 6.07) is 15.0. The van der Waals surface area contributed by atoms with Crippen LogP contribution in [0.25, 0.3) is 6.08 Å². The maximum Gasteiger partial charge on any atom is 0.311 e. The number of aryl methyl sites for hydroxylation is 1. The molecule has 1 heterocycles. The molecule has 0 unspecified atom stereocenters. The van der Waals surface area contributed by atoms with Gasteiger partial charge in [0.25, 0.3) is 11.1 Å². The lowest BCUT2D eigenvalue weighted by Gasteiger charge is -2.11. The van der Waals surface area contributed by atoms with Crippen LogP contribution in [-0.2, 0) is 16.0 Å². The number of amides is 2. The first-order valence-corrected chi connectivity index (χ1v) is 10.1. The topological polar surface area (TPSA) is 81.7 Å². The van der Waals surface area contributed by atoms with E-state index in [0.29, 0.717) is 41.4 Å². The zero-order chi connectivity index (χ0) is 20.6. The lowest BCUT2D eigenvalue weighted by atomic mass is 10.1. The minimum atomic E-state index is -0.424. The van der Waals surface area contributed by atoms with Crippen molar-refractivity contribution in [1.29, 1.82) is 0 Å². The third kappa shape index (κ3) is 5.96. The lowest BCUT2D eigenvalue weighted by molar-refractivity contribution is -0.134. The summed E-state index contributed by atoms with van der Waals surface area (Å²) in [4.78, 5) is 35.5. The van der Waals surface area contributed by atoms with Crippen LogP contribution in [0.5, 0.6) is 11.5 Å². The molecule has 0 atom stereocenters. The zero-order valence-corrected chi connectivity index (χ0v) is 16.8. The summed E-state index contributed by atoms with van der Waals surface area (Å²) in [5.74, 6) is -0.0116. The first-order chi connectivity index (χ1) is 14.0. The molecule has 2 aromatic rings. The van der Waals surface area contributed by atoms with Gasteiger partial charge in [0.05, 0.1) is 11.5 Å². The Morgan fingerprint density at radius 2 is 1.90 bits per heavy atom. The fourth-order valence-electron chi connectivity index (χ4n) is 2.79. The molecule has 6 nitrogen and oxygen atoms in total. The molecule has 2 aromatic carbocycles. The first-order valence-electron chi connectivity index (χ1n) is 9.31. The average molecular weight is 411 g/mol. The van der Waals surface area contributed by atoms with E-state index in [1.807, 2.05) is 37.3 Å². The molecule has 0 aliphatic carbocycles. The summed E-state index contributed by atoms with van der Waals surface area (Å²) in [6.45, 7) is 2.22. The van der Waals surface area contributed by atoms with Gasteiger partial charge in [-0.15, -0.1) is 0 Å². The van der Waals surface area contributed by atoms with Crippen molar-refractivity contribution in [3.63, 3.8) is 0 Å². The largest absolute Gasteiger partial charge is 0.490 e. The van der Waals surface area contributed by atoms with E-state index in [2.05, 4.69) is 5.32 Å². The van der Waals surface area contributed by atoms with E-state index in [-0.39, 0.29) is 5.97 Å². The molecule has 3 rings (SSSR count). The quantitative estimate of drug-likeness (QED) is 0.395. The molecular weight excluding hydrogens is 390 g/mol. The van der Waals surface area contributed by atoms with Crippen molar-refractivity contribution in [3.05, 3.63) is 64.6 Å². The van der Waals surface area contributed by atoms with Gasteiger partial charge in [-0.25, -0.2) is 0 Å². The van der Waals surface area contributed by atoms with E-state index in [4.69, 9.17) is 9.47 Å². The third-order valence-corrected chi connectivity index (χ3v) is 4.93. The standard InChI is InChI=1S/C22H21NO5S/c1-2-27-18-13-16(14-19-21(25)23-22(26)29-19)11-12-17(18)28-20(24)10-6-9-15-7-4-3-5-8-15/h3-5,7-8,11-14H,2,6,9-10H2,1H3,(H,23,25,26)/b19-14-. The Morgan fingerprint density at radius 1 is 1.10 bits per heavy atom. The molecular formula is C22H21NO5S. The Kier molecular flexibility index (Phi) is 7.08. The molecule has 0 radical (unpaired) electrons. The molecule has 29 heavy (non-hydrogen) atoms. The number of ether oxygens (including phenoxy) is 2. The number of benzene rings is 2. The minimum Gasteiger partial charge on any atom is -0.490 e. The molecule has 0 spiro atoms. The Balaban J connectivity index is 1.63. The molecule has 150 valence electrons. The van der Waals surface area contributed by atoms with Crippen molar-refractivity contribution in [3.8, 4) is 11.5 Å². The molecule has 1 saturated heterocycles. The van der Waals surface area contributed by atoms with Crippen LogP contribution in [0.15, 0.2) is 53.4 Å². The third-order valence-electron chi connectivity index (χ3n) is 4.12. The first kappa shape index (κ1) is 20.7. The maximum absolute atomic E-state index is 12.2. The number of rotatable bonds is 8. The number of esters is 1. The monoisotopic (exact) mass is 411 g/mol. The average Bonchev–Trinajstić information content (AvgIpc) is 3.01. The van der Waals surface area contributed by atoms with Crippen molar-refractivity contribution in [2.24, 2.45) is 0 Å². The highest BCUT2D eigenvalue weighted by Gasteiger charge is 2.25. The van der Waals surface area contributed by atoms with Gasteiger partial charge in [-0.2, -0.15) is 0 Å². The SMILES string of the molecule is CCOc1cc(/C=C2\SC(=O)NC2=O)ccc1OC(=O)CCCc1ccccc1. The smallest absolute Gasteiger partial charge is 0.311 e. The van der Waals surface area contributed by atoms with Gasteiger partial charge in [-0.1, -0.05) is 36.4 Å². The minimum absolute atomic E-state index is 0.297. The summed E-state index contributed by atoms with van der Waals surface area (Å²) in [7, 11) is 0. The van der Waals surface area contributed by atoms with Crippen LogP contribution >= 0.6 is 11.8 Å². The van der Waals surface area contributed by atoms with Crippen molar-refractivity contribution < 1.29 is 23.9 Å². The predicted molar refractivity (Wildman–Crippen MR) is 112 cm³/mol. The molecule has 2 amide bonds. The van der Waals surface area contributed by atoms with Crippen molar-refractivity contribution in [1.82, 2.24) is 5.32 Å². The highest BCUT2D eigenvalue weighted by molar-refractivity contribution is 8.18. The van der Waals surface area contributed by atoms with Crippen LogP contribution in [0.3, 0.4) is 0 Å². The van der Waals surface area contributed by atoms with Crippen molar-refractivity contribution in [2.75, 3.05) is 6.61 Å². The summed E-state index contributed by atoms with van der Waals surface area (Å²) >= 11 is 0.845. The molecule has 0 bridgehead atoms. The van der Waals surface area contributed by atoms with Gasteiger partial charge in [-0.05, 0) is 60.9 Å². The number of imide groups is 1. The summed E-state index contributed by atoms with van der Waals surface area (Å²) in [5.41, 5.74) is 1.85. The van der Waals surface area contributed by atoms with Gasteiger partial charge in [0, 0.05) is 6.42 Å².